The molecule has 2 aromatic carbocycles. The Kier molecular flexibility index (Phi) is 4.51. The van der Waals surface area contributed by atoms with Crippen LogP contribution in [0.15, 0.2) is 36.4 Å². The number of nitrogens with two attached hydrogens (primary N) is 1. The molecule has 0 aliphatic heterocycles. The highest BCUT2D eigenvalue weighted by Crippen LogP contribution is 2.29. The van der Waals surface area contributed by atoms with Gasteiger partial charge in [0.1, 0.15) is 0 Å². The number of aryl methyl sites for hydroxylation is 2. The van der Waals surface area contributed by atoms with Gasteiger partial charge in [-0.25, -0.2) is 0 Å². The molecule has 110 valence electrons. The van der Waals surface area contributed by atoms with E-state index in [0.29, 0.717) is 10.0 Å². The van der Waals surface area contributed by atoms with Crippen molar-refractivity contribution in [2.45, 2.75) is 31.7 Å². The zero-order chi connectivity index (χ0) is 14.8. The largest absolute Gasteiger partial charge is 0.271 e. The van der Waals surface area contributed by atoms with Crippen molar-refractivity contribution in [3.05, 3.63) is 68.7 Å². The molecule has 0 radical (unpaired) electrons. The Morgan fingerprint density at radius 1 is 1.05 bits per heavy atom. The minimum Gasteiger partial charge on any atom is -0.271 e. The van der Waals surface area contributed by atoms with Crippen molar-refractivity contribution in [1.29, 1.82) is 0 Å². The molecular weight excluding hydrogens is 303 g/mol. The molecule has 2 nitrogen and oxygen atoms in total. The average molecular weight is 321 g/mol. The third-order valence-corrected chi connectivity index (χ3v) is 4.75. The summed E-state index contributed by atoms with van der Waals surface area (Å²) in [5.74, 6) is 5.76. The summed E-state index contributed by atoms with van der Waals surface area (Å²) in [6, 6.07) is 12.3. The number of hydrogen-bond acceptors (Lipinski definition) is 2. The van der Waals surface area contributed by atoms with Crippen molar-refractivity contribution in [3.63, 3.8) is 0 Å². The average Bonchev–Trinajstić information content (AvgIpc) is 2.94. The Balaban J connectivity index is 1.85. The molecule has 21 heavy (non-hydrogen) atoms. The molecule has 4 heteroatoms. The fraction of sp³-hybridized carbons (Fsp3) is 0.294. The van der Waals surface area contributed by atoms with Crippen LogP contribution in [0.5, 0.6) is 0 Å². The predicted molar refractivity (Wildman–Crippen MR) is 88.7 cm³/mol. The second kappa shape index (κ2) is 6.37. The Morgan fingerprint density at radius 3 is 2.62 bits per heavy atom. The van der Waals surface area contributed by atoms with Gasteiger partial charge in [0.2, 0.25) is 0 Å². The van der Waals surface area contributed by atoms with E-state index < -0.39 is 0 Å². The van der Waals surface area contributed by atoms with Crippen molar-refractivity contribution >= 4 is 23.2 Å². The lowest BCUT2D eigenvalue weighted by atomic mass is 9.96. The third kappa shape index (κ3) is 3.24. The quantitative estimate of drug-likeness (QED) is 0.653. The maximum Gasteiger partial charge on any atom is 0.0500 e. The standard InChI is InChI=1S/C17H18Cl2N2/c18-15-7-6-13(16(19)10-15)9-17(21-20)14-5-4-11-2-1-3-12(11)8-14/h4-8,10,17,21H,1-3,9,20H2. The van der Waals surface area contributed by atoms with E-state index in [1.165, 1.54) is 36.0 Å². The second-order valence-corrected chi connectivity index (χ2v) is 6.38. The predicted octanol–water partition coefficient (Wildman–Crippen LogP) is 4.23. The molecule has 0 saturated carbocycles. The maximum atomic E-state index is 6.26. The van der Waals surface area contributed by atoms with Crippen molar-refractivity contribution in [3.8, 4) is 0 Å². The van der Waals surface area contributed by atoms with E-state index in [0.717, 1.165) is 12.0 Å². The molecule has 0 spiro atoms. The monoisotopic (exact) mass is 320 g/mol. The SMILES string of the molecule is NNC(Cc1ccc(Cl)cc1Cl)c1ccc2c(c1)CCC2. The molecule has 0 fully saturated rings. The zero-order valence-corrected chi connectivity index (χ0v) is 13.2. The van der Waals surface area contributed by atoms with E-state index >= 15 is 0 Å². The minimum atomic E-state index is 0.0505. The van der Waals surface area contributed by atoms with Crippen LogP contribution >= 0.6 is 23.2 Å². The Labute approximate surface area is 135 Å². The molecular formula is C17H18Cl2N2. The molecule has 0 aromatic heterocycles. The topological polar surface area (TPSA) is 38.0 Å². The van der Waals surface area contributed by atoms with Gasteiger partial charge in [0, 0.05) is 10.0 Å². The summed E-state index contributed by atoms with van der Waals surface area (Å²) in [6.45, 7) is 0. The first kappa shape index (κ1) is 14.9. The highest BCUT2D eigenvalue weighted by Gasteiger charge is 2.16. The van der Waals surface area contributed by atoms with Crippen molar-refractivity contribution in [1.82, 2.24) is 5.43 Å². The van der Waals surface area contributed by atoms with E-state index in [4.69, 9.17) is 29.0 Å². The lowest BCUT2D eigenvalue weighted by Crippen LogP contribution is -2.29. The molecule has 0 heterocycles. The van der Waals surface area contributed by atoms with Gasteiger partial charge < -0.3 is 0 Å². The van der Waals surface area contributed by atoms with Gasteiger partial charge in [0.05, 0.1) is 6.04 Å². The number of hydrazine groups is 1. The number of nitrogens with one attached hydrogen (secondary N) is 1. The van der Waals surface area contributed by atoms with Crippen LogP contribution in [0.4, 0.5) is 0 Å². The fourth-order valence-corrected chi connectivity index (χ4v) is 3.47. The first-order chi connectivity index (χ1) is 10.2. The maximum absolute atomic E-state index is 6.26. The third-order valence-electron chi connectivity index (χ3n) is 4.17. The summed E-state index contributed by atoms with van der Waals surface area (Å²) in [4.78, 5) is 0. The van der Waals surface area contributed by atoms with Crippen LogP contribution in [0.3, 0.4) is 0 Å². The molecule has 0 amide bonds. The summed E-state index contributed by atoms with van der Waals surface area (Å²) in [6.07, 6.45) is 4.36. The smallest absolute Gasteiger partial charge is 0.0500 e. The Bertz CT molecular complexity index is 655. The van der Waals surface area contributed by atoms with Crippen LogP contribution < -0.4 is 11.3 Å². The molecule has 0 bridgehead atoms. The summed E-state index contributed by atoms with van der Waals surface area (Å²) < 4.78 is 0. The Morgan fingerprint density at radius 2 is 1.86 bits per heavy atom. The molecule has 1 unspecified atom stereocenters. The number of halogens is 2. The summed E-state index contributed by atoms with van der Waals surface area (Å²) in [7, 11) is 0. The first-order valence-corrected chi connectivity index (χ1v) is 7.94. The Hall–Kier alpha value is -1.06. The second-order valence-electron chi connectivity index (χ2n) is 5.54. The van der Waals surface area contributed by atoms with Crippen LogP contribution in [-0.2, 0) is 19.3 Å². The fourth-order valence-electron chi connectivity index (χ4n) is 2.99. The highest BCUT2D eigenvalue weighted by atomic mass is 35.5. The van der Waals surface area contributed by atoms with Gasteiger partial charge in [0.15, 0.2) is 0 Å². The van der Waals surface area contributed by atoms with E-state index in [2.05, 4.69) is 23.6 Å². The molecule has 3 N–H and O–H groups in total. The number of hydrogen-bond donors (Lipinski definition) is 2. The van der Waals surface area contributed by atoms with Crippen LogP contribution in [0, 0.1) is 0 Å². The van der Waals surface area contributed by atoms with Gasteiger partial charge in [-0.05, 0) is 60.1 Å². The van der Waals surface area contributed by atoms with Crippen LogP contribution in [0.25, 0.3) is 0 Å². The first-order valence-electron chi connectivity index (χ1n) is 7.19. The zero-order valence-electron chi connectivity index (χ0n) is 11.7. The molecule has 0 saturated heterocycles. The van der Waals surface area contributed by atoms with Gasteiger partial charge in [-0.3, -0.25) is 11.3 Å². The van der Waals surface area contributed by atoms with Crippen molar-refractivity contribution < 1.29 is 0 Å². The molecule has 2 aromatic rings. The number of fused-ring (bicyclic) bond motifs is 1. The summed E-state index contributed by atoms with van der Waals surface area (Å²) in [5, 5.41) is 1.34. The van der Waals surface area contributed by atoms with Gasteiger partial charge in [-0.2, -0.15) is 0 Å². The van der Waals surface area contributed by atoms with Crippen LogP contribution in [0.1, 0.15) is 34.7 Å². The van der Waals surface area contributed by atoms with E-state index in [9.17, 15) is 0 Å². The molecule has 1 aliphatic carbocycles. The van der Waals surface area contributed by atoms with E-state index in [1.54, 1.807) is 6.07 Å². The molecule has 1 atom stereocenters. The lowest BCUT2D eigenvalue weighted by Gasteiger charge is -2.18. The highest BCUT2D eigenvalue weighted by molar-refractivity contribution is 6.35. The van der Waals surface area contributed by atoms with Crippen LogP contribution in [-0.4, -0.2) is 0 Å². The lowest BCUT2D eigenvalue weighted by molar-refractivity contribution is 0.551. The molecule has 3 rings (SSSR count). The number of benzene rings is 2. The van der Waals surface area contributed by atoms with E-state index in [-0.39, 0.29) is 6.04 Å². The van der Waals surface area contributed by atoms with Gasteiger partial charge >= 0.3 is 0 Å². The van der Waals surface area contributed by atoms with Crippen molar-refractivity contribution in [2.75, 3.05) is 0 Å². The molecule has 1 aliphatic rings. The summed E-state index contributed by atoms with van der Waals surface area (Å²) in [5.41, 5.74) is 8.09. The van der Waals surface area contributed by atoms with Gasteiger partial charge in [0.25, 0.3) is 0 Å². The van der Waals surface area contributed by atoms with Gasteiger partial charge in [-0.1, -0.05) is 47.5 Å². The normalized spacial score (nSPS) is 15.0. The summed E-state index contributed by atoms with van der Waals surface area (Å²) >= 11 is 12.2. The van der Waals surface area contributed by atoms with E-state index in [1.807, 2.05) is 12.1 Å². The van der Waals surface area contributed by atoms with Gasteiger partial charge in [-0.15, -0.1) is 0 Å². The van der Waals surface area contributed by atoms with Crippen molar-refractivity contribution in [2.24, 2.45) is 5.84 Å². The van der Waals surface area contributed by atoms with Crippen LogP contribution in [0.2, 0.25) is 10.0 Å². The minimum absolute atomic E-state index is 0.0505. The number of rotatable bonds is 4.